The molecule has 0 amide bonds. The first-order valence-electron chi connectivity index (χ1n) is 3.98. The summed E-state index contributed by atoms with van der Waals surface area (Å²) in [6.07, 6.45) is 0. The number of nitriles is 2. The van der Waals surface area contributed by atoms with Crippen LogP contribution in [0.2, 0.25) is 0 Å². The summed E-state index contributed by atoms with van der Waals surface area (Å²) in [6, 6.07) is 8.58. The molecular weight excluding hydrogens is 162 g/mol. The van der Waals surface area contributed by atoms with E-state index in [0.717, 1.165) is 0 Å². The third-order valence-electron chi connectivity index (χ3n) is 1.35. The highest BCUT2D eigenvalue weighted by atomic mass is 14.6. The van der Waals surface area contributed by atoms with Crippen LogP contribution in [0.15, 0.2) is 18.2 Å². The first-order chi connectivity index (χ1) is 6.29. The lowest BCUT2D eigenvalue weighted by molar-refractivity contribution is 1.45. The Morgan fingerprint density at radius 2 is 1.46 bits per heavy atom. The van der Waals surface area contributed by atoms with Crippen molar-refractivity contribution in [3.8, 4) is 12.1 Å². The second kappa shape index (κ2) is 5.62. The van der Waals surface area contributed by atoms with Crippen LogP contribution in [0, 0.1) is 22.7 Å². The summed E-state index contributed by atoms with van der Waals surface area (Å²) in [4.78, 5) is 0. The predicted octanol–water partition coefficient (Wildman–Crippen LogP) is 2.04. The fourth-order valence-corrected chi connectivity index (χ4v) is 0.760. The van der Waals surface area contributed by atoms with Crippen LogP contribution in [0.5, 0.6) is 0 Å². The molecule has 66 valence electrons. The average Bonchev–Trinajstić information content (AvgIpc) is 2.21. The van der Waals surface area contributed by atoms with Crippen LogP contribution in [0.4, 0.5) is 5.69 Å². The van der Waals surface area contributed by atoms with E-state index in [1.165, 1.54) is 0 Å². The second-order valence-electron chi connectivity index (χ2n) is 1.99. The zero-order valence-electron chi connectivity index (χ0n) is 7.70. The van der Waals surface area contributed by atoms with Gasteiger partial charge in [-0.2, -0.15) is 10.5 Å². The van der Waals surface area contributed by atoms with E-state index in [1.807, 2.05) is 26.0 Å². The quantitative estimate of drug-likeness (QED) is 0.610. The van der Waals surface area contributed by atoms with Gasteiger partial charge < -0.3 is 5.73 Å². The molecule has 0 heterocycles. The zero-order valence-corrected chi connectivity index (χ0v) is 7.70. The second-order valence-corrected chi connectivity index (χ2v) is 1.99. The molecular formula is C10H11N3. The Bertz CT molecular complexity index is 323. The standard InChI is InChI=1S/C8H5N3.C2H6/c9-4-6-2-1-3-7(5-10)8(6)11;1-2/h1-3H,11H2;1-2H3. The Kier molecular flexibility index (Phi) is 4.76. The van der Waals surface area contributed by atoms with E-state index in [2.05, 4.69) is 0 Å². The van der Waals surface area contributed by atoms with Crippen molar-refractivity contribution in [2.24, 2.45) is 0 Å². The largest absolute Gasteiger partial charge is 0.397 e. The lowest BCUT2D eigenvalue weighted by atomic mass is 10.1. The van der Waals surface area contributed by atoms with E-state index in [0.29, 0.717) is 11.1 Å². The van der Waals surface area contributed by atoms with Gasteiger partial charge >= 0.3 is 0 Å². The monoisotopic (exact) mass is 173 g/mol. The van der Waals surface area contributed by atoms with Gasteiger partial charge in [0.1, 0.15) is 12.1 Å². The van der Waals surface area contributed by atoms with Crippen molar-refractivity contribution in [2.45, 2.75) is 13.8 Å². The number of nitrogens with zero attached hydrogens (tertiary/aromatic N) is 2. The summed E-state index contributed by atoms with van der Waals surface area (Å²) in [5.41, 5.74) is 6.42. The molecule has 3 nitrogen and oxygen atoms in total. The number of rotatable bonds is 0. The summed E-state index contributed by atoms with van der Waals surface area (Å²) in [7, 11) is 0. The molecule has 0 saturated carbocycles. The van der Waals surface area contributed by atoms with Crippen LogP contribution in [0.25, 0.3) is 0 Å². The van der Waals surface area contributed by atoms with Gasteiger partial charge in [0, 0.05) is 0 Å². The van der Waals surface area contributed by atoms with Gasteiger partial charge in [-0.05, 0) is 12.1 Å². The molecule has 0 fully saturated rings. The summed E-state index contributed by atoms with van der Waals surface area (Å²) in [6.45, 7) is 4.00. The van der Waals surface area contributed by atoms with E-state index >= 15 is 0 Å². The fourth-order valence-electron chi connectivity index (χ4n) is 0.760. The highest BCUT2D eigenvalue weighted by molar-refractivity contribution is 5.63. The van der Waals surface area contributed by atoms with E-state index in [1.54, 1.807) is 18.2 Å². The van der Waals surface area contributed by atoms with E-state index < -0.39 is 0 Å². The average molecular weight is 173 g/mol. The Hall–Kier alpha value is -2.00. The smallest absolute Gasteiger partial charge is 0.101 e. The van der Waals surface area contributed by atoms with Gasteiger partial charge in [-0.1, -0.05) is 19.9 Å². The van der Waals surface area contributed by atoms with Crippen LogP contribution in [-0.4, -0.2) is 0 Å². The topological polar surface area (TPSA) is 73.6 Å². The first kappa shape index (κ1) is 11.0. The molecule has 0 spiro atoms. The number of benzene rings is 1. The molecule has 2 N–H and O–H groups in total. The van der Waals surface area contributed by atoms with Crippen molar-refractivity contribution in [1.82, 2.24) is 0 Å². The minimum Gasteiger partial charge on any atom is -0.397 e. The van der Waals surface area contributed by atoms with Gasteiger partial charge in [-0.25, -0.2) is 0 Å². The van der Waals surface area contributed by atoms with Crippen molar-refractivity contribution >= 4 is 5.69 Å². The molecule has 0 atom stereocenters. The normalized spacial score (nSPS) is 7.38. The van der Waals surface area contributed by atoms with Crippen LogP contribution in [0.3, 0.4) is 0 Å². The minimum atomic E-state index is 0.262. The van der Waals surface area contributed by atoms with Crippen LogP contribution >= 0.6 is 0 Å². The number of para-hydroxylation sites is 1. The maximum atomic E-state index is 8.50. The molecule has 0 aromatic heterocycles. The highest BCUT2D eigenvalue weighted by Gasteiger charge is 2.01. The highest BCUT2D eigenvalue weighted by Crippen LogP contribution is 2.14. The van der Waals surface area contributed by atoms with E-state index in [4.69, 9.17) is 16.3 Å². The minimum absolute atomic E-state index is 0.262. The summed E-state index contributed by atoms with van der Waals surface area (Å²) in [5.74, 6) is 0. The molecule has 0 unspecified atom stereocenters. The van der Waals surface area contributed by atoms with Crippen molar-refractivity contribution in [3.63, 3.8) is 0 Å². The molecule has 0 radical (unpaired) electrons. The molecule has 0 aliphatic heterocycles. The molecule has 13 heavy (non-hydrogen) atoms. The SMILES string of the molecule is CC.N#Cc1cccc(C#N)c1N. The lowest BCUT2D eigenvalue weighted by Crippen LogP contribution is -1.93. The van der Waals surface area contributed by atoms with Crippen molar-refractivity contribution in [2.75, 3.05) is 5.73 Å². The summed E-state index contributed by atoms with van der Waals surface area (Å²) >= 11 is 0. The Morgan fingerprint density at radius 1 is 1.08 bits per heavy atom. The van der Waals surface area contributed by atoms with Gasteiger partial charge in [-0.15, -0.1) is 0 Å². The van der Waals surface area contributed by atoms with Crippen molar-refractivity contribution < 1.29 is 0 Å². The Labute approximate surface area is 78.0 Å². The molecule has 1 rings (SSSR count). The van der Waals surface area contributed by atoms with Crippen LogP contribution < -0.4 is 5.73 Å². The predicted molar refractivity (Wildman–Crippen MR) is 51.6 cm³/mol. The van der Waals surface area contributed by atoms with Gasteiger partial charge in [0.05, 0.1) is 16.8 Å². The van der Waals surface area contributed by atoms with Gasteiger partial charge in [0.15, 0.2) is 0 Å². The molecule has 0 bridgehead atoms. The number of nitrogen functional groups attached to an aromatic ring is 1. The Balaban J connectivity index is 0.000000671. The van der Waals surface area contributed by atoms with E-state index in [-0.39, 0.29) is 5.69 Å². The third-order valence-corrected chi connectivity index (χ3v) is 1.35. The molecule has 0 saturated heterocycles. The van der Waals surface area contributed by atoms with E-state index in [9.17, 15) is 0 Å². The molecule has 1 aromatic carbocycles. The van der Waals surface area contributed by atoms with Crippen molar-refractivity contribution in [3.05, 3.63) is 29.3 Å². The maximum absolute atomic E-state index is 8.50. The molecule has 1 aromatic rings. The zero-order chi connectivity index (χ0) is 10.3. The summed E-state index contributed by atoms with van der Waals surface area (Å²) < 4.78 is 0. The molecule has 3 heteroatoms. The lowest BCUT2D eigenvalue weighted by Gasteiger charge is -1.96. The number of hydrogen-bond donors (Lipinski definition) is 1. The number of hydrogen-bond acceptors (Lipinski definition) is 3. The van der Waals surface area contributed by atoms with Gasteiger partial charge in [0.2, 0.25) is 0 Å². The first-order valence-corrected chi connectivity index (χ1v) is 3.98. The van der Waals surface area contributed by atoms with Gasteiger partial charge in [-0.3, -0.25) is 0 Å². The third kappa shape index (κ3) is 2.50. The fraction of sp³-hybridized carbons (Fsp3) is 0.200. The van der Waals surface area contributed by atoms with Gasteiger partial charge in [0.25, 0.3) is 0 Å². The molecule has 0 aliphatic rings. The number of anilines is 1. The maximum Gasteiger partial charge on any atom is 0.101 e. The van der Waals surface area contributed by atoms with Crippen LogP contribution in [0.1, 0.15) is 25.0 Å². The summed E-state index contributed by atoms with van der Waals surface area (Å²) in [5, 5.41) is 17.0. The Morgan fingerprint density at radius 3 is 1.77 bits per heavy atom. The van der Waals surface area contributed by atoms with Crippen LogP contribution in [-0.2, 0) is 0 Å². The molecule has 0 aliphatic carbocycles. The number of nitrogens with two attached hydrogens (primary N) is 1. The van der Waals surface area contributed by atoms with Crippen molar-refractivity contribution in [1.29, 1.82) is 10.5 Å².